The van der Waals surface area contributed by atoms with E-state index in [0.717, 1.165) is 102 Å². The number of aliphatic hydroxyl groups is 1. The Morgan fingerprint density at radius 3 is 0.854 bits per heavy atom. The van der Waals surface area contributed by atoms with Crippen LogP contribution < -0.4 is 0 Å². The van der Waals surface area contributed by atoms with Gasteiger partial charge in [0.15, 0.2) is 12.2 Å². The third kappa shape index (κ3) is 63.2. The third-order valence-electron chi connectivity index (χ3n) is 16.6. The van der Waals surface area contributed by atoms with Crippen molar-refractivity contribution in [2.75, 3.05) is 39.6 Å². The van der Waals surface area contributed by atoms with Crippen LogP contribution in [-0.4, -0.2) is 96.7 Å². The number of hydrogen-bond acceptors (Lipinski definition) is 15. The molecule has 0 rings (SSSR count). The number of rotatable bonds is 69. The minimum atomic E-state index is -4.95. The predicted octanol–water partition coefficient (Wildman–Crippen LogP) is 20.0. The van der Waals surface area contributed by atoms with Gasteiger partial charge in [0.25, 0.3) is 0 Å². The first-order valence-corrected chi connectivity index (χ1v) is 39.5. The van der Waals surface area contributed by atoms with Crippen LogP contribution in [0.2, 0.25) is 0 Å². The number of ether oxygens (including phenoxy) is 4. The van der Waals surface area contributed by atoms with Crippen LogP contribution in [0, 0.1) is 11.8 Å². The number of carbonyl (C=O) groups is 4. The molecule has 0 bridgehead atoms. The molecule has 0 heterocycles. The summed E-state index contributed by atoms with van der Waals surface area (Å²) in [5, 5.41) is 10.6. The first kappa shape index (κ1) is 87.1. The van der Waals surface area contributed by atoms with Gasteiger partial charge >= 0.3 is 39.5 Å². The van der Waals surface area contributed by atoms with Gasteiger partial charge in [0.1, 0.15) is 19.3 Å². The lowest BCUT2D eigenvalue weighted by atomic mass is 9.99. The van der Waals surface area contributed by atoms with Crippen LogP contribution in [0.4, 0.5) is 0 Å². The van der Waals surface area contributed by atoms with Crippen LogP contribution in [0.1, 0.15) is 356 Å². The molecule has 6 atom stereocenters. The van der Waals surface area contributed by atoms with Gasteiger partial charge in [-0.1, -0.05) is 305 Å². The summed E-state index contributed by atoms with van der Waals surface area (Å²) in [4.78, 5) is 72.5. The number of unbranched alkanes of at least 4 members (excludes halogenated alkanes) is 38. The van der Waals surface area contributed by atoms with Crippen molar-refractivity contribution in [2.24, 2.45) is 11.8 Å². The van der Waals surface area contributed by atoms with Crippen LogP contribution >= 0.6 is 15.6 Å². The van der Waals surface area contributed by atoms with E-state index in [2.05, 4.69) is 41.5 Å². The molecule has 528 valence electrons. The van der Waals surface area contributed by atoms with Gasteiger partial charge in [-0.05, 0) is 37.5 Å². The van der Waals surface area contributed by atoms with Gasteiger partial charge in [-0.15, -0.1) is 0 Å². The monoisotopic (exact) mass is 1310 g/mol. The Kier molecular flexibility index (Phi) is 60.8. The molecule has 0 aromatic rings. The average Bonchev–Trinajstić information content (AvgIpc) is 3.56. The van der Waals surface area contributed by atoms with Gasteiger partial charge < -0.3 is 33.8 Å². The Labute approximate surface area is 543 Å². The summed E-state index contributed by atoms with van der Waals surface area (Å²) in [6, 6.07) is 0. The molecule has 17 nitrogen and oxygen atoms in total. The Morgan fingerprint density at radius 1 is 0.326 bits per heavy atom. The van der Waals surface area contributed by atoms with Crippen molar-refractivity contribution in [2.45, 2.75) is 374 Å². The molecular weight excluding hydrogens is 1170 g/mol. The molecule has 0 aromatic heterocycles. The van der Waals surface area contributed by atoms with E-state index in [1.54, 1.807) is 0 Å². The van der Waals surface area contributed by atoms with E-state index in [4.69, 9.17) is 37.0 Å². The van der Waals surface area contributed by atoms with Crippen molar-refractivity contribution in [3.8, 4) is 0 Å². The molecule has 0 saturated heterocycles. The fourth-order valence-electron chi connectivity index (χ4n) is 10.6. The number of carbonyl (C=O) groups excluding carboxylic acids is 4. The summed E-state index contributed by atoms with van der Waals surface area (Å²) in [5.74, 6) is -0.590. The minimum absolute atomic E-state index is 0.105. The van der Waals surface area contributed by atoms with Crippen LogP contribution in [0.25, 0.3) is 0 Å². The normalized spacial score (nSPS) is 14.4. The second kappa shape index (κ2) is 62.2. The maximum absolute atomic E-state index is 13.0. The van der Waals surface area contributed by atoms with Gasteiger partial charge in [0.05, 0.1) is 26.4 Å². The number of hydrogen-bond donors (Lipinski definition) is 3. The van der Waals surface area contributed by atoms with Gasteiger partial charge in [-0.25, -0.2) is 9.13 Å². The minimum Gasteiger partial charge on any atom is -0.462 e. The van der Waals surface area contributed by atoms with Crippen LogP contribution in [0.5, 0.6) is 0 Å². The second-order valence-corrected chi connectivity index (χ2v) is 28.9. The first-order chi connectivity index (χ1) is 42.9. The molecule has 3 unspecified atom stereocenters. The molecule has 89 heavy (non-hydrogen) atoms. The molecule has 0 amide bonds. The highest BCUT2D eigenvalue weighted by Gasteiger charge is 2.30. The highest BCUT2D eigenvalue weighted by Crippen LogP contribution is 2.45. The Hall–Kier alpha value is -1.94. The van der Waals surface area contributed by atoms with Crippen LogP contribution in [0.3, 0.4) is 0 Å². The Bertz CT molecular complexity index is 1740. The molecule has 0 aliphatic carbocycles. The first-order valence-electron chi connectivity index (χ1n) is 36.5. The lowest BCUT2D eigenvalue weighted by molar-refractivity contribution is -0.161. The van der Waals surface area contributed by atoms with Gasteiger partial charge in [0.2, 0.25) is 0 Å². The fourth-order valence-corrected chi connectivity index (χ4v) is 12.1. The van der Waals surface area contributed by atoms with E-state index < -0.39 is 97.5 Å². The summed E-state index contributed by atoms with van der Waals surface area (Å²) in [6.45, 7) is 9.53. The summed E-state index contributed by atoms with van der Waals surface area (Å²) in [6.07, 6.45) is 47.0. The van der Waals surface area contributed by atoms with E-state index in [1.165, 1.54) is 173 Å². The lowest BCUT2D eigenvalue weighted by Gasteiger charge is -2.21. The molecule has 0 aliphatic rings. The lowest BCUT2D eigenvalue weighted by Crippen LogP contribution is -2.30. The molecule has 0 fully saturated rings. The largest absolute Gasteiger partial charge is 0.472 e. The van der Waals surface area contributed by atoms with Crippen molar-refractivity contribution in [3.63, 3.8) is 0 Å². The highest BCUT2D eigenvalue weighted by molar-refractivity contribution is 7.47. The number of esters is 4. The van der Waals surface area contributed by atoms with Gasteiger partial charge in [0, 0.05) is 25.7 Å². The molecule has 0 radical (unpaired) electrons. The Balaban J connectivity index is 5.25. The molecule has 0 aromatic carbocycles. The summed E-state index contributed by atoms with van der Waals surface area (Å²) >= 11 is 0. The maximum Gasteiger partial charge on any atom is 0.472 e. The molecule has 0 saturated carbocycles. The van der Waals surface area contributed by atoms with Crippen molar-refractivity contribution < 1.29 is 80.2 Å². The quantitative estimate of drug-likeness (QED) is 0.0222. The SMILES string of the molecule is CCCCCCCCCCCCCCCCC(=O)OC[C@H](COP(=O)(O)OC[C@@H](O)COP(=O)(O)OC[C@@H](COC(=O)CCCCCCCCCCC)OC(=O)CCCCCCCCCCC(C)CC)OC(=O)CCCCCCCCCCCCCC(C)C. The second-order valence-electron chi connectivity index (χ2n) is 26.0. The van der Waals surface area contributed by atoms with E-state index in [-0.39, 0.29) is 25.7 Å². The zero-order chi connectivity index (χ0) is 65.7. The maximum atomic E-state index is 13.0. The molecule has 3 N–H and O–H groups in total. The van der Waals surface area contributed by atoms with E-state index >= 15 is 0 Å². The summed E-state index contributed by atoms with van der Waals surface area (Å²) in [7, 11) is -9.90. The standard InChI is InChI=1S/C70H136O17P2/c1-7-10-12-14-16-18-19-20-21-24-28-35-41-47-53-68(73)81-59-65(86-69(74)54-48-42-36-29-25-22-23-27-32-38-44-50-62(4)5)60-84-88(76,77)82-56-64(71)57-83-89(78,79)85-61-66(58-80-67(72)52-46-40-34-26-17-15-13-11-8-2)87-70(75)55-49-43-37-31-30-33-39-45-51-63(6)9-3/h62-66,71H,7-61H2,1-6H3,(H,76,77)(H,78,79)/t63?,64-,65-,66-/m1/s1. The molecule has 19 heteroatoms. The highest BCUT2D eigenvalue weighted by atomic mass is 31.2. The zero-order valence-corrected chi connectivity index (χ0v) is 59.5. The average molecular weight is 1310 g/mol. The van der Waals surface area contributed by atoms with Crippen molar-refractivity contribution >= 4 is 39.5 Å². The van der Waals surface area contributed by atoms with E-state index in [9.17, 15) is 43.2 Å². The van der Waals surface area contributed by atoms with E-state index in [1.807, 2.05) is 0 Å². The van der Waals surface area contributed by atoms with Crippen molar-refractivity contribution in [1.29, 1.82) is 0 Å². The van der Waals surface area contributed by atoms with Crippen LogP contribution in [-0.2, 0) is 65.4 Å². The van der Waals surface area contributed by atoms with Gasteiger partial charge in [-0.2, -0.15) is 0 Å². The summed E-state index contributed by atoms with van der Waals surface area (Å²) < 4.78 is 68.3. The number of phosphoric ester groups is 2. The number of aliphatic hydroxyl groups excluding tert-OH is 1. The zero-order valence-electron chi connectivity index (χ0n) is 57.7. The van der Waals surface area contributed by atoms with E-state index in [0.29, 0.717) is 25.7 Å². The van der Waals surface area contributed by atoms with Crippen molar-refractivity contribution in [1.82, 2.24) is 0 Å². The molecule has 0 spiro atoms. The topological polar surface area (TPSA) is 237 Å². The third-order valence-corrected chi connectivity index (χ3v) is 18.5. The van der Waals surface area contributed by atoms with Crippen LogP contribution in [0.15, 0.2) is 0 Å². The fraction of sp³-hybridized carbons (Fsp3) is 0.943. The summed E-state index contributed by atoms with van der Waals surface area (Å²) in [5.41, 5.74) is 0. The molecule has 0 aliphatic heterocycles. The predicted molar refractivity (Wildman–Crippen MR) is 358 cm³/mol. The Morgan fingerprint density at radius 2 is 0.573 bits per heavy atom. The van der Waals surface area contributed by atoms with Crippen molar-refractivity contribution in [3.05, 3.63) is 0 Å². The smallest absolute Gasteiger partial charge is 0.462 e. The number of phosphoric acid groups is 2. The van der Waals surface area contributed by atoms with Gasteiger partial charge in [-0.3, -0.25) is 37.3 Å². The molecular formula is C70H136O17P2.